The molecular weight excluding hydrogens is 258 g/mol. The first kappa shape index (κ1) is 12.0. The van der Waals surface area contributed by atoms with Crippen LogP contribution >= 0.6 is 11.6 Å². The quantitative estimate of drug-likeness (QED) is 0.707. The molecule has 2 nitrogen and oxygen atoms in total. The molecule has 0 aliphatic rings. The molecule has 2 aromatic carbocycles. The van der Waals surface area contributed by atoms with Crippen molar-refractivity contribution in [2.75, 3.05) is 0 Å². The number of hydrogen-bond acceptors (Lipinski definition) is 1. The number of benzene rings is 2. The Morgan fingerprint density at radius 2 is 1.79 bits per heavy atom. The lowest BCUT2D eigenvalue weighted by atomic mass is 10.1. The van der Waals surface area contributed by atoms with Crippen LogP contribution in [0.1, 0.15) is 5.56 Å². The Morgan fingerprint density at radius 3 is 2.53 bits per heavy atom. The molecule has 1 heterocycles. The lowest BCUT2D eigenvalue weighted by molar-refractivity contribution is 1.37. The Labute approximate surface area is 115 Å². The third-order valence-corrected chi connectivity index (χ3v) is 3.60. The molecule has 3 aromatic rings. The summed E-state index contributed by atoms with van der Waals surface area (Å²) in [6.07, 6.45) is 0. The average molecular weight is 270 g/mol. The first-order chi connectivity index (χ1) is 9.15. The molecular formula is C16H12ClNO. The van der Waals surface area contributed by atoms with Gasteiger partial charge >= 0.3 is 0 Å². The molecule has 1 N–H and O–H groups in total. The van der Waals surface area contributed by atoms with Gasteiger partial charge in [0, 0.05) is 22.2 Å². The second-order valence-electron chi connectivity index (χ2n) is 4.56. The molecule has 3 rings (SSSR count). The number of hydrogen-bond donors (Lipinski definition) is 1. The predicted molar refractivity (Wildman–Crippen MR) is 79.8 cm³/mol. The van der Waals surface area contributed by atoms with Crippen molar-refractivity contribution >= 4 is 22.5 Å². The van der Waals surface area contributed by atoms with E-state index in [9.17, 15) is 4.79 Å². The van der Waals surface area contributed by atoms with E-state index in [0.717, 1.165) is 22.3 Å². The minimum absolute atomic E-state index is 0.00682. The fourth-order valence-electron chi connectivity index (χ4n) is 2.15. The van der Waals surface area contributed by atoms with Crippen molar-refractivity contribution in [3.8, 4) is 11.3 Å². The van der Waals surface area contributed by atoms with Gasteiger partial charge in [-0.05, 0) is 30.2 Å². The van der Waals surface area contributed by atoms with Gasteiger partial charge in [-0.2, -0.15) is 0 Å². The normalized spacial score (nSPS) is 10.8. The monoisotopic (exact) mass is 269 g/mol. The van der Waals surface area contributed by atoms with Crippen LogP contribution in [0.3, 0.4) is 0 Å². The van der Waals surface area contributed by atoms with E-state index in [1.807, 2.05) is 43.3 Å². The molecule has 0 fully saturated rings. The van der Waals surface area contributed by atoms with Crippen molar-refractivity contribution < 1.29 is 0 Å². The maximum absolute atomic E-state index is 12.2. The number of aromatic nitrogens is 1. The van der Waals surface area contributed by atoms with Gasteiger partial charge in [-0.1, -0.05) is 41.9 Å². The zero-order valence-corrected chi connectivity index (χ0v) is 11.2. The third-order valence-electron chi connectivity index (χ3n) is 3.19. The number of H-pyrrole nitrogens is 1. The molecule has 3 heteroatoms. The summed E-state index contributed by atoms with van der Waals surface area (Å²) in [6.45, 7) is 1.90. The summed E-state index contributed by atoms with van der Waals surface area (Å²) in [4.78, 5) is 15.4. The van der Waals surface area contributed by atoms with Gasteiger partial charge < -0.3 is 4.98 Å². The molecule has 0 spiro atoms. The number of nitrogens with one attached hydrogen (secondary N) is 1. The van der Waals surface area contributed by atoms with Crippen molar-refractivity contribution in [2.45, 2.75) is 6.92 Å². The SMILES string of the molecule is Cc1cc2c(=O)cc(-c3ccccc3)[nH]c2cc1Cl. The zero-order valence-electron chi connectivity index (χ0n) is 10.4. The van der Waals surface area contributed by atoms with E-state index in [2.05, 4.69) is 4.98 Å². The van der Waals surface area contributed by atoms with Gasteiger partial charge in [0.1, 0.15) is 0 Å². The number of pyridine rings is 1. The standard InChI is InChI=1S/C16H12ClNO/c1-10-7-12-15(8-13(10)17)18-14(9-16(12)19)11-5-3-2-4-6-11/h2-9H,1H3,(H,18,19). The van der Waals surface area contributed by atoms with E-state index in [4.69, 9.17) is 11.6 Å². The number of aryl methyl sites for hydroxylation is 1. The Balaban J connectivity index is 2.31. The molecule has 0 amide bonds. The highest BCUT2D eigenvalue weighted by molar-refractivity contribution is 6.32. The van der Waals surface area contributed by atoms with Crippen molar-refractivity contribution in [1.82, 2.24) is 4.98 Å². The Hall–Kier alpha value is -2.06. The van der Waals surface area contributed by atoms with Gasteiger partial charge in [0.2, 0.25) is 0 Å². The molecule has 0 bridgehead atoms. The Morgan fingerprint density at radius 1 is 1.05 bits per heavy atom. The van der Waals surface area contributed by atoms with Crippen molar-refractivity contribution in [1.29, 1.82) is 0 Å². The van der Waals surface area contributed by atoms with Crippen LogP contribution in [-0.4, -0.2) is 4.98 Å². The number of aromatic amines is 1. The van der Waals surface area contributed by atoms with E-state index < -0.39 is 0 Å². The van der Waals surface area contributed by atoms with E-state index in [1.54, 1.807) is 12.1 Å². The predicted octanol–water partition coefficient (Wildman–Crippen LogP) is 4.16. The van der Waals surface area contributed by atoms with Crippen LogP contribution in [0.15, 0.2) is 53.3 Å². The number of halogens is 1. The topological polar surface area (TPSA) is 32.9 Å². The number of fused-ring (bicyclic) bond motifs is 1. The van der Waals surface area contributed by atoms with Crippen LogP contribution in [-0.2, 0) is 0 Å². The van der Waals surface area contributed by atoms with Gasteiger partial charge in [0.15, 0.2) is 5.43 Å². The van der Waals surface area contributed by atoms with Crippen LogP contribution in [0, 0.1) is 6.92 Å². The van der Waals surface area contributed by atoms with Gasteiger partial charge in [-0.15, -0.1) is 0 Å². The van der Waals surface area contributed by atoms with E-state index in [1.165, 1.54) is 0 Å². The van der Waals surface area contributed by atoms with Crippen molar-refractivity contribution in [2.24, 2.45) is 0 Å². The lowest BCUT2D eigenvalue weighted by Gasteiger charge is -2.06. The average Bonchev–Trinajstić information content (AvgIpc) is 2.42. The van der Waals surface area contributed by atoms with Crippen molar-refractivity contribution in [3.05, 3.63) is 69.3 Å². The molecule has 0 radical (unpaired) electrons. The maximum atomic E-state index is 12.2. The summed E-state index contributed by atoms with van der Waals surface area (Å²) in [6, 6.07) is 15.0. The molecule has 0 saturated heterocycles. The summed E-state index contributed by atoms with van der Waals surface area (Å²) >= 11 is 6.12. The first-order valence-corrected chi connectivity index (χ1v) is 6.41. The molecule has 0 atom stereocenters. The Kier molecular flexibility index (Phi) is 2.88. The highest BCUT2D eigenvalue weighted by Crippen LogP contribution is 2.23. The molecule has 19 heavy (non-hydrogen) atoms. The van der Waals surface area contributed by atoms with Gasteiger partial charge in [0.25, 0.3) is 0 Å². The first-order valence-electron chi connectivity index (χ1n) is 6.04. The molecule has 0 saturated carbocycles. The molecule has 0 aliphatic heterocycles. The van der Waals surface area contributed by atoms with Gasteiger partial charge in [0.05, 0.1) is 5.52 Å². The smallest absolute Gasteiger partial charge is 0.190 e. The van der Waals surface area contributed by atoms with Crippen LogP contribution < -0.4 is 5.43 Å². The third kappa shape index (κ3) is 2.15. The molecule has 0 unspecified atom stereocenters. The van der Waals surface area contributed by atoms with Crippen LogP contribution in [0.25, 0.3) is 22.2 Å². The largest absolute Gasteiger partial charge is 0.354 e. The minimum atomic E-state index is 0.00682. The van der Waals surface area contributed by atoms with E-state index in [-0.39, 0.29) is 5.43 Å². The minimum Gasteiger partial charge on any atom is -0.354 e. The summed E-state index contributed by atoms with van der Waals surface area (Å²) < 4.78 is 0. The zero-order chi connectivity index (χ0) is 13.4. The summed E-state index contributed by atoms with van der Waals surface area (Å²) in [5.41, 5.74) is 3.47. The Bertz CT molecular complexity index is 806. The fraction of sp³-hybridized carbons (Fsp3) is 0.0625. The van der Waals surface area contributed by atoms with Crippen LogP contribution in [0.2, 0.25) is 5.02 Å². The highest BCUT2D eigenvalue weighted by Gasteiger charge is 2.06. The van der Waals surface area contributed by atoms with Gasteiger partial charge in [-0.3, -0.25) is 4.79 Å². The highest BCUT2D eigenvalue weighted by atomic mass is 35.5. The van der Waals surface area contributed by atoms with Crippen LogP contribution in [0.5, 0.6) is 0 Å². The van der Waals surface area contributed by atoms with E-state index in [0.29, 0.717) is 10.4 Å². The van der Waals surface area contributed by atoms with Crippen LogP contribution in [0.4, 0.5) is 0 Å². The second kappa shape index (κ2) is 4.56. The molecule has 1 aromatic heterocycles. The lowest BCUT2D eigenvalue weighted by Crippen LogP contribution is -2.03. The molecule has 94 valence electrons. The maximum Gasteiger partial charge on any atom is 0.190 e. The van der Waals surface area contributed by atoms with Gasteiger partial charge in [-0.25, -0.2) is 0 Å². The van der Waals surface area contributed by atoms with Crippen molar-refractivity contribution in [3.63, 3.8) is 0 Å². The summed E-state index contributed by atoms with van der Waals surface area (Å²) in [5, 5.41) is 1.33. The molecule has 0 aliphatic carbocycles. The summed E-state index contributed by atoms with van der Waals surface area (Å²) in [7, 11) is 0. The summed E-state index contributed by atoms with van der Waals surface area (Å²) in [5.74, 6) is 0. The van der Waals surface area contributed by atoms with E-state index >= 15 is 0 Å². The number of rotatable bonds is 1. The second-order valence-corrected chi connectivity index (χ2v) is 4.97. The fourth-order valence-corrected chi connectivity index (χ4v) is 2.32.